The summed E-state index contributed by atoms with van der Waals surface area (Å²) in [4.78, 5) is 38.1. The molecule has 8 heteroatoms. The normalized spacial score (nSPS) is 12.3. The van der Waals surface area contributed by atoms with E-state index in [9.17, 15) is 14.4 Å². The van der Waals surface area contributed by atoms with Gasteiger partial charge in [-0.15, -0.1) is 0 Å². The van der Waals surface area contributed by atoms with Crippen molar-refractivity contribution in [3.05, 3.63) is 0 Å². The summed E-state index contributed by atoms with van der Waals surface area (Å²) in [5.74, 6) is -2.06. The minimum atomic E-state index is -1.87. The zero-order valence-electron chi connectivity index (χ0n) is 19.7. The predicted molar refractivity (Wildman–Crippen MR) is 120 cm³/mol. The molecule has 0 aliphatic rings. The van der Waals surface area contributed by atoms with E-state index in [-0.39, 0.29) is 19.8 Å². The van der Waals surface area contributed by atoms with Crippen molar-refractivity contribution < 1.29 is 33.3 Å². The van der Waals surface area contributed by atoms with Crippen LogP contribution in [-0.2, 0) is 33.3 Å². The molecule has 0 aromatic heterocycles. The summed E-state index contributed by atoms with van der Waals surface area (Å²) in [5, 5.41) is 0. The molecule has 0 amide bonds. The quantitative estimate of drug-likeness (QED) is 0.111. The highest BCUT2D eigenvalue weighted by molar-refractivity contribution is 6.19. The largest absolute Gasteiger partial charge is 0.466 e. The summed E-state index contributed by atoms with van der Waals surface area (Å²) < 4.78 is 21.7. The molecular formula is C23H41ClO7. The SMILES string of the molecule is CCCCOC(=O)CC(CC(=O)OCCCC)(OC(Cl)CCCC)C(=O)OCCCC. The zero-order chi connectivity index (χ0) is 23.5. The van der Waals surface area contributed by atoms with Gasteiger partial charge in [-0.2, -0.15) is 0 Å². The number of ether oxygens (including phenoxy) is 4. The van der Waals surface area contributed by atoms with Gasteiger partial charge in [-0.25, -0.2) is 4.79 Å². The van der Waals surface area contributed by atoms with Crippen LogP contribution in [0.25, 0.3) is 0 Å². The third kappa shape index (κ3) is 13.6. The van der Waals surface area contributed by atoms with Gasteiger partial charge in [-0.05, 0) is 32.1 Å². The van der Waals surface area contributed by atoms with Crippen molar-refractivity contribution in [1.82, 2.24) is 0 Å². The summed E-state index contributed by atoms with van der Waals surface area (Å²) in [6.07, 6.45) is 5.82. The van der Waals surface area contributed by atoms with E-state index >= 15 is 0 Å². The molecule has 0 rings (SSSR count). The van der Waals surface area contributed by atoms with Crippen LogP contribution in [0, 0.1) is 0 Å². The molecule has 0 aliphatic carbocycles. The van der Waals surface area contributed by atoms with Crippen molar-refractivity contribution in [3.63, 3.8) is 0 Å². The van der Waals surface area contributed by atoms with Crippen LogP contribution < -0.4 is 0 Å². The second-order valence-electron chi connectivity index (χ2n) is 7.66. The maximum atomic E-state index is 13.1. The van der Waals surface area contributed by atoms with Gasteiger partial charge < -0.3 is 18.9 Å². The number of hydrogen-bond donors (Lipinski definition) is 0. The van der Waals surface area contributed by atoms with Gasteiger partial charge in [0.05, 0.1) is 32.7 Å². The minimum absolute atomic E-state index is 0.165. The number of hydrogen-bond acceptors (Lipinski definition) is 7. The first-order chi connectivity index (χ1) is 14.8. The summed E-state index contributed by atoms with van der Waals surface area (Å²) in [6.45, 7) is 8.56. The third-order valence-electron chi connectivity index (χ3n) is 4.62. The van der Waals surface area contributed by atoms with E-state index in [0.29, 0.717) is 25.7 Å². The molecule has 31 heavy (non-hydrogen) atoms. The van der Waals surface area contributed by atoms with E-state index in [4.69, 9.17) is 30.5 Å². The Labute approximate surface area is 192 Å². The fourth-order valence-electron chi connectivity index (χ4n) is 2.68. The molecule has 0 fully saturated rings. The van der Waals surface area contributed by atoms with Crippen LogP contribution in [0.4, 0.5) is 0 Å². The lowest BCUT2D eigenvalue weighted by Gasteiger charge is -2.32. The third-order valence-corrected chi connectivity index (χ3v) is 4.93. The van der Waals surface area contributed by atoms with Crippen LogP contribution in [0.5, 0.6) is 0 Å². The molecule has 0 saturated heterocycles. The molecule has 182 valence electrons. The van der Waals surface area contributed by atoms with Gasteiger partial charge in [-0.3, -0.25) is 9.59 Å². The summed E-state index contributed by atoms with van der Waals surface area (Å²) in [6, 6.07) is 0. The van der Waals surface area contributed by atoms with Crippen LogP contribution in [0.1, 0.15) is 98.3 Å². The molecule has 0 bridgehead atoms. The fourth-order valence-corrected chi connectivity index (χ4v) is 3.00. The van der Waals surface area contributed by atoms with E-state index in [1.165, 1.54) is 0 Å². The van der Waals surface area contributed by atoms with E-state index in [1.807, 2.05) is 27.7 Å². The first kappa shape index (κ1) is 29.7. The van der Waals surface area contributed by atoms with Gasteiger partial charge in [0, 0.05) is 0 Å². The highest BCUT2D eigenvalue weighted by Crippen LogP contribution is 2.29. The number of rotatable bonds is 19. The Balaban J connectivity index is 5.61. The maximum absolute atomic E-state index is 13.1. The van der Waals surface area contributed by atoms with Crippen LogP contribution in [0.3, 0.4) is 0 Å². The first-order valence-corrected chi connectivity index (χ1v) is 12.1. The summed E-state index contributed by atoms with van der Waals surface area (Å²) >= 11 is 6.34. The Bertz CT molecular complexity index is 486. The monoisotopic (exact) mass is 464 g/mol. The highest BCUT2D eigenvalue weighted by atomic mass is 35.5. The van der Waals surface area contributed by atoms with Crippen LogP contribution in [-0.4, -0.2) is 48.9 Å². The van der Waals surface area contributed by atoms with Crippen molar-refractivity contribution in [3.8, 4) is 0 Å². The zero-order valence-corrected chi connectivity index (χ0v) is 20.5. The van der Waals surface area contributed by atoms with Crippen LogP contribution in [0.15, 0.2) is 0 Å². The summed E-state index contributed by atoms with van der Waals surface area (Å²) in [5.41, 5.74) is -2.73. The van der Waals surface area contributed by atoms with Crippen molar-refractivity contribution in [2.45, 2.75) is 109 Å². The average Bonchev–Trinajstić information content (AvgIpc) is 2.72. The van der Waals surface area contributed by atoms with Crippen molar-refractivity contribution >= 4 is 29.5 Å². The van der Waals surface area contributed by atoms with E-state index in [1.54, 1.807) is 0 Å². The number of carbonyl (C=O) groups is 3. The van der Waals surface area contributed by atoms with Gasteiger partial charge >= 0.3 is 17.9 Å². The Morgan fingerprint density at radius 3 is 1.55 bits per heavy atom. The Kier molecular flexibility index (Phi) is 17.5. The molecule has 0 aromatic rings. The lowest BCUT2D eigenvalue weighted by Crippen LogP contribution is -2.49. The fraction of sp³-hybridized carbons (Fsp3) is 0.870. The number of alkyl halides is 1. The van der Waals surface area contributed by atoms with Gasteiger partial charge in [0.2, 0.25) is 0 Å². The molecule has 7 nitrogen and oxygen atoms in total. The Hall–Kier alpha value is -1.34. The second kappa shape index (κ2) is 18.3. The second-order valence-corrected chi connectivity index (χ2v) is 8.14. The first-order valence-electron chi connectivity index (χ1n) is 11.6. The molecule has 0 spiro atoms. The van der Waals surface area contributed by atoms with Gasteiger partial charge in [0.1, 0.15) is 5.56 Å². The molecular weight excluding hydrogens is 424 g/mol. The average molecular weight is 465 g/mol. The molecule has 0 saturated carbocycles. The molecule has 1 atom stereocenters. The maximum Gasteiger partial charge on any atom is 0.339 e. The highest BCUT2D eigenvalue weighted by Gasteiger charge is 2.48. The smallest absolute Gasteiger partial charge is 0.339 e. The number of unbranched alkanes of at least 4 members (excludes halogenated alkanes) is 4. The van der Waals surface area contributed by atoms with Crippen LogP contribution in [0.2, 0.25) is 0 Å². The topological polar surface area (TPSA) is 88.1 Å². The number of esters is 3. The lowest BCUT2D eigenvalue weighted by atomic mass is 9.94. The van der Waals surface area contributed by atoms with Gasteiger partial charge in [0.15, 0.2) is 5.60 Å². The van der Waals surface area contributed by atoms with Gasteiger partial charge in [-0.1, -0.05) is 65.0 Å². The molecule has 0 aromatic carbocycles. The van der Waals surface area contributed by atoms with E-state index in [0.717, 1.165) is 32.1 Å². The predicted octanol–water partition coefficient (Wildman–Crippen LogP) is 5.31. The molecule has 0 aliphatic heterocycles. The lowest BCUT2D eigenvalue weighted by molar-refractivity contribution is -0.188. The van der Waals surface area contributed by atoms with Crippen molar-refractivity contribution in [2.24, 2.45) is 0 Å². The summed E-state index contributed by atoms with van der Waals surface area (Å²) in [7, 11) is 0. The van der Waals surface area contributed by atoms with Crippen LogP contribution >= 0.6 is 11.6 Å². The number of halogens is 1. The van der Waals surface area contributed by atoms with Gasteiger partial charge in [0.25, 0.3) is 0 Å². The molecule has 0 radical (unpaired) electrons. The molecule has 0 heterocycles. The Morgan fingerprint density at radius 1 is 0.710 bits per heavy atom. The van der Waals surface area contributed by atoms with E-state index in [2.05, 4.69) is 0 Å². The van der Waals surface area contributed by atoms with Crippen molar-refractivity contribution in [1.29, 1.82) is 0 Å². The minimum Gasteiger partial charge on any atom is -0.466 e. The van der Waals surface area contributed by atoms with E-state index < -0.39 is 41.9 Å². The molecule has 0 N–H and O–H groups in total. The standard InChI is InChI=1S/C23H41ClO7/c1-5-9-13-19(24)31-23(22(27)30-16-12-8-4,17-20(25)28-14-10-6-2)18-21(26)29-15-11-7-3/h19H,5-18H2,1-4H3. The number of carbonyl (C=O) groups excluding carboxylic acids is 3. The Morgan fingerprint density at radius 2 is 1.13 bits per heavy atom. The van der Waals surface area contributed by atoms with Crippen molar-refractivity contribution in [2.75, 3.05) is 19.8 Å². The molecule has 1 unspecified atom stereocenters.